The lowest BCUT2D eigenvalue weighted by atomic mass is 9.76. The Morgan fingerprint density at radius 2 is 1.69 bits per heavy atom. The lowest BCUT2D eigenvalue weighted by Gasteiger charge is -2.26. The maximum Gasteiger partial charge on any atom is 0.309 e. The van der Waals surface area contributed by atoms with Crippen LogP contribution in [-0.4, -0.2) is 22.2 Å². The Kier molecular flexibility index (Phi) is 6.08. The number of carbonyl (C=O) groups is 2. The second-order valence-electron chi connectivity index (χ2n) is 4.77. The predicted molar refractivity (Wildman–Crippen MR) is 61.3 cm³/mol. The first-order valence-corrected chi connectivity index (χ1v) is 5.80. The first kappa shape index (κ1) is 14.9. The highest BCUT2D eigenvalue weighted by Gasteiger charge is 2.40. The highest BCUT2D eigenvalue weighted by atomic mass is 16.4. The molecule has 94 valence electrons. The zero-order chi connectivity index (χ0) is 12.8. The average Bonchev–Trinajstić information content (AvgIpc) is 2.16. The van der Waals surface area contributed by atoms with Crippen molar-refractivity contribution in [3.05, 3.63) is 0 Å². The number of unbranched alkanes of at least 4 members (excludes halogenated alkanes) is 3. The number of carboxylic acids is 2. The molecule has 4 nitrogen and oxygen atoms in total. The fourth-order valence-corrected chi connectivity index (χ4v) is 1.72. The van der Waals surface area contributed by atoms with Crippen molar-refractivity contribution in [1.82, 2.24) is 0 Å². The quantitative estimate of drug-likeness (QED) is 0.629. The van der Waals surface area contributed by atoms with Crippen molar-refractivity contribution in [2.45, 2.75) is 52.9 Å². The Morgan fingerprint density at radius 3 is 2.06 bits per heavy atom. The van der Waals surface area contributed by atoms with Gasteiger partial charge in [-0.05, 0) is 20.3 Å². The van der Waals surface area contributed by atoms with Gasteiger partial charge in [0, 0.05) is 0 Å². The first-order valence-electron chi connectivity index (χ1n) is 5.80. The third-order valence-electron chi connectivity index (χ3n) is 3.07. The minimum atomic E-state index is -1.20. The molecule has 0 bridgehead atoms. The zero-order valence-electron chi connectivity index (χ0n) is 10.3. The van der Waals surface area contributed by atoms with Crippen molar-refractivity contribution in [3.8, 4) is 0 Å². The van der Waals surface area contributed by atoms with Crippen LogP contribution in [0.3, 0.4) is 0 Å². The number of hydrogen-bond acceptors (Lipinski definition) is 2. The van der Waals surface area contributed by atoms with Crippen LogP contribution in [0.2, 0.25) is 0 Å². The molecule has 0 saturated heterocycles. The number of hydrogen-bond donors (Lipinski definition) is 2. The van der Waals surface area contributed by atoms with Gasteiger partial charge < -0.3 is 10.2 Å². The molecule has 0 aromatic carbocycles. The van der Waals surface area contributed by atoms with Gasteiger partial charge in [0.15, 0.2) is 0 Å². The molecule has 0 aliphatic rings. The molecule has 0 heterocycles. The molecular formula is C12H22O4. The van der Waals surface area contributed by atoms with E-state index in [9.17, 15) is 9.59 Å². The van der Waals surface area contributed by atoms with Crippen molar-refractivity contribution >= 4 is 11.9 Å². The molecule has 0 saturated carbocycles. The molecule has 0 rings (SSSR count). The van der Waals surface area contributed by atoms with Gasteiger partial charge in [-0.3, -0.25) is 9.59 Å². The summed E-state index contributed by atoms with van der Waals surface area (Å²) in [6.45, 7) is 5.04. The molecule has 1 atom stereocenters. The van der Waals surface area contributed by atoms with Gasteiger partial charge >= 0.3 is 11.9 Å². The molecule has 0 spiro atoms. The van der Waals surface area contributed by atoms with E-state index in [4.69, 9.17) is 10.2 Å². The molecule has 1 unspecified atom stereocenters. The van der Waals surface area contributed by atoms with E-state index in [1.165, 1.54) is 13.8 Å². The van der Waals surface area contributed by atoms with Gasteiger partial charge in [0.2, 0.25) is 0 Å². The molecule has 4 heteroatoms. The Morgan fingerprint density at radius 1 is 1.12 bits per heavy atom. The van der Waals surface area contributed by atoms with Gasteiger partial charge in [-0.2, -0.15) is 0 Å². The van der Waals surface area contributed by atoms with E-state index in [2.05, 4.69) is 6.92 Å². The topological polar surface area (TPSA) is 74.6 Å². The third-order valence-corrected chi connectivity index (χ3v) is 3.07. The van der Waals surface area contributed by atoms with Gasteiger partial charge in [0.25, 0.3) is 0 Å². The van der Waals surface area contributed by atoms with E-state index in [1.807, 2.05) is 0 Å². The van der Waals surface area contributed by atoms with Crippen LogP contribution in [0.15, 0.2) is 0 Å². The van der Waals surface area contributed by atoms with Gasteiger partial charge in [-0.25, -0.2) is 0 Å². The van der Waals surface area contributed by atoms with Crippen LogP contribution >= 0.6 is 0 Å². The first-order chi connectivity index (χ1) is 7.34. The van der Waals surface area contributed by atoms with Gasteiger partial charge in [0.1, 0.15) is 0 Å². The Hall–Kier alpha value is -1.06. The van der Waals surface area contributed by atoms with Crippen molar-refractivity contribution in [2.24, 2.45) is 11.3 Å². The summed E-state index contributed by atoms with van der Waals surface area (Å²) in [6.07, 6.45) is 4.34. The molecule has 0 aliphatic carbocycles. The van der Waals surface area contributed by atoms with Crippen LogP contribution in [0, 0.1) is 11.3 Å². The van der Waals surface area contributed by atoms with E-state index >= 15 is 0 Å². The Bertz CT molecular complexity index is 245. The van der Waals surface area contributed by atoms with Gasteiger partial charge in [-0.1, -0.05) is 32.6 Å². The van der Waals surface area contributed by atoms with Crippen LogP contribution in [0.5, 0.6) is 0 Å². The summed E-state index contributed by atoms with van der Waals surface area (Å²) in [6, 6.07) is 0. The molecule has 16 heavy (non-hydrogen) atoms. The molecule has 0 radical (unpaired) electrons. The Balaban J connectivity index is 4.39. The standard InChI is InChI=1S/C12H22O4/c1-4-5-6-7-8-9(10(13)14)12(2,3)11(15)16/h9H,4-8H2,1-3H3,(H,13,14)(H,15,16). The summed E-state index contributed by atoms with van der Waals surface area (Å²) >= 11 is 0. The Labute approximate surface area is 96.7 Å². The SMILES string of the molecule is CCCCCCC(C(=O)O)C(C)(C)C(=O)O. The van der Waals surface area contributed by atoms with Crippen molar-refractivity contribution < 1.29 is 19.8 Å². The maximum atomic E-state index is 11.1. The monoisotopic (exact) mass is 230 g/mol. The van der Waals surface area contributed by atoms with E-state index in [-0.39, 0.29) is 0 Å². The van der Waals surface area contributed by atoms with E-state index in [0.717, 1.165) is 25.7 Å². The summed E-state index contributed by atoms with van der Waals surface area (Å²) in [5, 5.41) is 18.1. The van der Waals surface area contributed by atoms with Crippen molar-refractivity contribution in [2.75, 3.05) is 0 Å². The smallest absolute Gasteiger partial charge is 0.309 e. The predicted octanol–water partition coefficient (Wildman–Crippen LogP) is 2.77. The van der Waals surface area contributed by atoms with Crippen LogP contribution in [0.4, 0.5) is 0 Å². The third kappa shape index (κ3) is 4.21. The summed E-state index contributed by atoms with van der Waals surface area (Å²) in [7, 11) is 0. The fraction of sp³-hybridized carbons (Fsp3) is 0.833. The van der Waals surface area contributed by atoms with Crippen LogP contribution < -0.4 is 0 Å². The highest BCUT2D eigenvalue weighted by Crippen LogP contribution is 2.31. The normalized spacial score (nSPS) is 13.4. The average molecular weight is 230 g/mol. The fourth-order valence-electron chi connectivity index (χ4n) is 1.72. The lowest BCUT2D eigenvalue weighted by molar-refractivity contribution is -0.160. The second-order valence-corrected chi connectivity index (χ2v) is 4.77. The van der Waals surface area contributed by atoms with E-state index in [1.54, 1.807) is 0 Å². The summed E-state index contributed by atoms with van der Waals surface area (Å²) in [4.78, 5) is 22.0. The largest absolute Gasteiger partial charge is 0.481 e. The molecular weight excluding hydrogens is 208 g/mol. The molecule has 0 amide bonds. The summed E-state index contributed by atoms with van der Waals surface area (Å²) < 4.78 is 0. The number of rotatable bonds is 8. The minimum Gasteiger partial charge on any atom is -0.481 e. The van der Waals surface area contributed by atoms with Crippen LogP contribution in [-0.2, 0) is 9.59 Å². The highest BCUT2D eigenvalue weighted by molar-refractivity contribution is 5.82. The molecule has 0 aliphatic heterocycles. The minimum absolute atomic E-state index is 0.439. The lowest BCUT2D eigenvalue weighted by Crippen LogP contribution is -2.37. The van der Waals surface area contributed by atoms with Gasteiger partial charge in [-0.15, -0.1) is 0 Å². The number of aliphatic carboxylic acids is 2. The second kappa shape index (κ2) is 6.51. The van der Waals surface area contributed by atoms with Crippen molar-refractivity contribution in [3.63, 3.8) is 0 Å². The van der Waals surface area contributed by atoms with E-state index in [0.29, 0.717) is 6.42 Å². The number of carboxylic acid groups (broad SMARTS) is 2. The van der Waals surface area contributed by atoms with Crippen molar-refractivity contribution in [1.29, 1.82) is 0 Å². The van der Waals surface area contributed by atoms with Crippen LogP contribution in [0.1, 0.15) is 52.9 Å². The molecule has 0 aromatic rings. The van der Waals surface area contributed by atoms with Gasteiger partial charge in [0.05, 0.1) is 11.3 Å². The summed E-state index contributed by atoms with van der Waals surface area (Å²) in [5.41, 5.74) is -1.20. The molecule has 0 aromatic heterocycles. The van der Waals surface area contributed by atoms with Crippen LogP contribution in [0.25, 0.3) is 0 Å². The zero-order valence-corrected chi connectivity index (χ0v) is 10.3. The van der Waals surface area contributed by atoms with E-state index < -0.39 is 23.3 Å². The maximum absolute atomic E-state index is 11.1. The molecule has 2 N–H and O–H groups in total. The summed E-state index contributed by atoms with van der Waals surface area (Å²) in [5.74, 6) is -2.86. The molecule has 0 fully saturated rings.